The van der Waals surface area contributed by atoms with E-state index in [1.807, 2.05) is 5.32 Å². The molecule has 1 fully saturated rings. The van der Waals surface area contributed by atoms with Crippen LogP contribution in [0, 0.1) is 10.1 Å². The summed E-state index contributed by atoms with van der Waals surface area (Å²) in [4.78, 5) is 60.7. The minimum atomic E-state index is -1.01. The second-order valence-electron chi connectivity index (χ2n) is 6.80. The topological polar surface area (TPSA) is 165 Å². The molecule has 0 aliphatic carbocycles. The van der Waals surface area contributed by atoms with E-state index in [2.05, 4.69) is 0 Å². The predicted octanol–water partition coefficient (Wildman–Crippen LogP) is 2.54. The van der Waals surface area contributed by atoms with Gasteiger partial charge in [-0.1, -0.05) is 0 Å². The average molecular weight is 469 g/mol. The summed E-state index contributed by atoms with van der Waals surface area (Å²) in [6.07, 6.45) is 1.04. The molecule has 1 heterocycles. The summed E-state index contributed by atoms with van der Waals surface area (Å²) in [5.74, 6) is -3.51. The van der Waals surface area contributed by atoms with Crippen LogP contribution in [0.25, 0.3) is 6.08 Å². The summed E-state index contributed by atoms with van der Waals surface area (Å²) >= 11 is 0. The van der Waals surface area contributed by atoms with Gasteiger partial charge in [-0.15, -0.1) is 0 Å². The van der Waals surface area contributed by atoms with Crippen molar-refractivity contribution >= 4 is 41.3 Å². The number of aromatic hydroxyl groups is 1. The average Bonchev–Trinajstić information content (AvgIpc) is 2.79. The molecule has 0 aromatic heterocycles. The van der Waals surface area contributed by atoms with Crippen LogP contribution in [0.4, 0.5) is 16.2 Å². The van der Waals surface area contributed by atoms with Crippen molar-refractivity contribution < 1.29 is 38.7 Å². The molecule has 2 N–H and O–H groups in total. The van der Waals surface area contributed by atoms with Crippen molar-refractivity contribution in [2.75, 3.05) is 18.1 Å². The molecule has 1 aliphatic rings. The summed E-state index contributed by atoms with van der Waals surface area (Å²) in [5.41, 5.74) is -0.901. The van der Waals surface area contributed by atoms with Gasteiger partial charge >= 0.3 is 17.7 Å². The molecule has 176 valence electrons. The van der Waals surface area contributed by atoms with Crippen LogP contribution in [0.1, 0.15) is 29.8 Å². The number of hydrogen-bond acceptors (Lipinski definition) is 9. The van der Waals surface area contributed by atoms with E-state index in [-0.39, 0.29) is 35.8 Å². The molecular weight excluding hydrogens is 450 g/mol. The van der Waals surface area contributed by atoms with E-state index in [0.29, 0.717) is 4.90 Å². The molecule has 0 spiro atoms. The minimum absolute atomic E-state index is 0.0124. The second kappa shape index (κ2) is 9.81. The number of nitrogens with one attached hydrogen (secondary N) is 1. The summed E-state index contributed by atoms with van der Waals surface area (Å²) in [6.45, 7) is 3.51. The first kappa shape index (κ1) is 23.9. The van der Waals surface area contributed by atoms with Crippen molar-refractivity contribution in [3.63, 3.8) is 0 Å². The number of nitro groups is 1. The van der Waals surface area contributed by atoms with Crippen LogP contribution in [-0.4, -0.2) is 47.1 Å². The molecule has 0 bridgehead atoms. The van der Waals surface area contributed by atoms with E-state index in [9.17, 15) is 34.4 Å². The smallest absolute Gasteiger partial charge is 0.338 e. The van der Waals surface area contributed by atoms with Gasteiger partial charge in [0.15, 0.2) is 5.75 Å². The Morgan fingerprint density at radius 2 is 1.82 bits per heavy atom. The van der Waals surface area contributed by atoms with Gasteiger partial charge in [-0.25, -0.2) is 14.5 Å². The number of nitro benzene ring substituents is 1. The third-order valence-electron chi connectivity index (χ3n) is 4.62. The van der Waals surface area contributed by atoms with E-state index < -0.39 is 45.7 Å². The number of rotatable bonds is 7. The molecule has 3 rings (SSSR count). The highest BCUT2D eigenvalue weighted by molar-refractivity contribution is 6.39. The zero-order chi connectivity index (χ0) is 25.0. The number of anilines is 1. The molecule has 12 nitrogen and oxygen atoms in total. The lowest BCUT2D eigenvalue weighted by molar-refractivity contribution is -0.386. The van der Waals surface area contributed by atoms with E-state index in [0.717, 1.165) is 12.1 Å². The summed E-state index contributed by atoms with van der Waals surface area (Å²) in [6, 6.07) is 6.53. The van der Waals surface area contributed by atoms with Crippen molar-refractivity contribution in [1.29, 1.82) is 0 Å². The number of nitrogens with zero attached hydrogens (tertiary/aromatic N) is 2. The third-order valence-corrected chi connectivity index (χ3v) is 4.62. The molecule has 2 aromatic rings. The van der Waals surface area contributed by atoms with E-state index >= 15 is 0 Å². The van der Waals surface area contributed by atoms with Gasteiger partial charge in [0.05, 0.1) is 29.4 Å². The summed E-state index contributed by atoms with van der Waals surface area (Å²) < 4.78 is 10.1. The van der Waals surface area contributed by atoms with Gasteiger partial charge in [-0.05, 0) is 55.8 Å². The standard InChI is InChI=1S/C22H19N3O9/c1-3-33-17-11-12(10-16(18(17)26)25(31)32)9-15-19(27)23-22(30)24(20(15)28)14-7-5-13(6-8-14)21(29)34-4-2/h5-11,26H,3-4H2,1-2H3,(H,23,27,30)/b15-9+. The highest BCUT2D eigenvalue weighted by atomic mass is 16.6. The van der Waals surface area contributed by atoms with E-state index in [1.54, 1.807) is 13.8 Å². The van der Waals surface area contributed by atoms with Gasteiger partial charge in [0, 0.05) is 6.07 Å². The normalized spacial score (nSPS) is 14.7. The number of urea groups is 1. The lowest BCUT2D eigenvalue weighted by Crippen LogP contribution is -2.54. The molecule has 34 heavy (non-hydrogen) atoms. The van der Waals surface area contributed by atoms with Crippen LogP contribution < -0.4 is 15.0 Å². The monoisotopic (exact) mass is 469 g/mol. The number of benzene rings is 2. The molecule has 0 atom stereocenters. The van der Waals surface area contributed by atoms with Crippen LogP contribution in [0.3, 0.4) is 0 Å². The van der Waals surface area contributed by atoms with Gasteiger partial charge in [0.1, 0.15) is 5.57 Å². The largest absolute Gasteiger partial charge is 0.500 e. The Hall–Kier alpha value is -4.74. The molecule has 12 heteroatoms. The third kappa shape index (κ3) is 4.70. The van der Waals surface area contributed by atoms with Crippen LogP contribution in [0.15, 0.2) is 42.0 Å². The molecule has 1 saturated heterocycles. The maximum absolute atomic E-state index is 13.0. The lowest BCUT2D eigenvalue weighted by atomic mass is 10.1. The molecule has 4 amide bonds. The Morgan fingerprint density at radius 1 is 1.15 bits per heavy atom. The first-order valence-electron chi connectivity index (χ1n) is 10.0. The number of ether oxygens (including phenoxy) is 2. The molecule has 1 aliphatic heterocycles. The molecule has 0 unspecified atom stereocenters. The number of carbonyl (C=O) groups is 4. The first-order valence-corrected chi connectivity index (χ1v) is 10.0. The van der Waals surface area contributed by atoms with E-state index in [1.165, 1.54) is 30.3 Å². The fourth-order valence-corrected chi connectivity index (χ4v) is 3.12. The highest BCUT2D eigenvalue weighted by Gasteiger charge is 2.37. The van der Waals surface area contributed by atoms with Crippen molar-refractivity contribution in [2.45, 2.75) is 13.8 Å². The minimum Gasteiger partial charge on any atom is -0.500 e. The summed E-state index contributed by atoms with van der Waals surface area (Å²) in [5, 5.41) is 23.3. The van der Waals surface area contributed by atoms with Gasteiger partial charge in [-0.2, -0.15) is 0 Å². The fourth-order valence-electron chi connectivity index (χ4n) is 3.12. The first-order chi connectivity index (χ1) is 16.2. The Labute approximate surface area is 192 Å². The quantitative estimate of drug-likeness (QED) is 0.204. The Morgan fingerprint density at radius 3 is 2.41 bits per heavy atom. The van der Waals surface area contributed by atoms with Gasteiger partial charge in [-0.3, -0.25) is 25.0 Å². The number of barbiturate groups is 1. The maximum Gasteiger partial charge on any atom is 0.338 e. The van der Waals surface area contributed by atoms with Gasteiger partial charge in [0.25, 0.3) is 11.8 Å². The zero-order valence-electron chi connectivity index (χ0n) is 18.1. The van der Waals surface area contributed by atoms with Gasteiger partial charge < -0.3 is 14.6 Å². The number of hydrogen-bond donors (Lipinski definition) is 2. The van der Waals surface area contributed by atoms with Crippen molar-refractivity contribution in [2.24, 2.45) is 0 Å². The van der Waals surface area contributed by atoms with Crippen molar-refractivity contribution in [1.82, 2.24) is 5.32 Å². The molecular formula is C22H19N3O9. The zero-order valence-corrected chi connectivity index (χ0v) is 18.1. The molecule has 2 aromatic carbocycles. The molecule has 0 radical (unpaired) electrons. The number of phenolic OH excluding ortho intramolecular Hbond substituents is 1. The maximum atomic E-state index is 13.0. The number of esters is 1. The van der Waals surface area contributed by atoms with Gasteiger partial charge in [0.2, 0.25) is 5.75 Å². The van der Waals surface area contributed by atoms with Crippen molar-refractivity contribution in [3.05, 3.63) is 63.2 Å². The Bertz CT molecular complexity index is 1220. The number of imide groups is 2. The SMILES string of the molecule is CCOC(=O)c1ccc(N2C(=O)NC(=O)/C(=C\c3cc(OCC)c(O)c([N+](=O)[O-])c3)C2=O)cc1. The highest BCUT2D eigenvalue weighted by Crippen LogP contribution is 2.38. The number of phenols is 1. The lowest BCUT2D eigenvalue weighted by Gasteiger charge is -2.26. The number of carbonyl (C=O) groups excluding carboxylic acids is 4. The fraction of sp³-hybridized carbons (Fsp3) is 0.182. The predicted molar refractivity (Wildman–Crippen MR) is 117 cm³/mol. The van der Waals surface area contributed by atoms with Crippen LogP contribution in [0.2, 0.25) is 0 Å². The van der Waals surface area contributed by atoms with Crippen LogP contribution in [0.5, 0.6) is 11.5 Å². The second-order valence-corrected chi connectivity index (χ2v) is 6.80. The summed E-state index contributed by atoms with van der Waals surface area (Å²) in [7, 11) is 0. The Kier molecular flexibility index (Phi) is 6.90. The van der Waals surface area contributed by atoms with E-state index in [4.69, 9.17) is 9.47 Å². The van der Waals surface area contributed by atoms with Crippen LogP contribution in [-0.2, 0) is 14.3 Å². The van der Waals surface area contributed by atoms with Crippen molar-refractivity contribution in [3.8, 4) is 11.5 Å². The molecule has 0 saturated carbocycles. The number of amides is 4. The van der Waals surface area contributed by atoms with Crippen LogP contribution >= 0.6 is 0 Å². The Balaban J connectivity index is 2.01.